The number of amides is 2. The normalized spacial score (nSPS) is 10.4. The molecule has 2 amide bonds. The predicted molar refractivity (Wildman–Crippen MR) is 106 cm³/mol. The Morgan fingerprint density at radius 1 is 1.15 bits per heavy atom. The minimum atomic E-state index is -0.414. The average Bonchev–Trinajstić information content (AvgIpc) is 2.63. The van der Waals surface area contributed by atoms with Crippen LogP contribution in [0.3, 0.4) is 0 Å². The van der Waals surface area contributed by atoms with E-state index in [1.807, 2.05) is 20.8 Å². The van der Waals surface area contributed by atoms with Gasteiger partial charge in [0.15, 0.2) is 11.5 Å². The summed E-state index contributed by atoms with van der Waals surface area (Å²) in [6, 6.07) is 9.83. The van der Waals surface area contributed by atoms with E-state index in [0.717, 1.165) is 0 Å². The maximum absolute atomic E-state index is 12.7. The molecule has 0 saturated carbocycles. The lowest BCUT2D eigenvalue weighted by Gasteiger charge is -2.15. The number of para-hydroxylation sites is 1. The molecule has 2 rings (SSSR count). The van der Waals surface area contributed by atoms with Gasteiger partial charge < -0.3 is 20.1 Å². The largest absolute Gasteiger partial charge is 0.493 e. The lowest BCUT2D eigenvalue weighted by Crippen LogP contribution is -2.31. The molecule has 0 aliphatic rings. The fourth-order valence-corrected chi connectivity index (χ4v) is 2.73. The molecular weight excluding hydrogens is 368 g/mol. The Bertz CT molecular complexity index is 837. The van der Waals surface area contributed by atoms with Gasteiger partial charge in [0, 0.05) is 11.6 Å². The molecule has 2 N–H and O–H groups in total. The van der Waals surface area contributed by atoms with Crippen LogP contribution in [-0.4, -0.2) is 31.6 Å². The number of halogens is 1. The van der Waals surface area contributed by atoms with Crippen molar-refractivity contribution in [3.63, 3.8) is 0 Å². The van der Waals surface area contributed by atoms with Crippen LogP contribution in [-0.2, 0) is 0 Å². The van der Waals surface area contributed by atoms with Gasteiger partial charge in [-0.3, -0.25) is 9.59 Å². The summed E-state index contributed by atoms with van der Waals surface area (Å²) in [6.07, 6.45) is 0. The van der Waals surface area contributed by atoms with Crippen molar-refractivity contribution in [2.24, 2.45) is 0 Å². The van der Waals surface area contributed by atoms with E-state index in [-0.39, 0.29) is 17.0 Å². The number of anilines is 1. The second-order valence-electron chi connectivity index (χ2n) is 6.05. The van der Waals surface area contributed by atoms with Crippen molar-refractivity contribution in [1.82, 2.24) is 5.32 Å². The number of hydrogen-bond donors (Lipinski definition) is 2. The van der Waals surface area contributed by atoms with Crippen molar-refractivity contribution in [1.29, 1.82) is 0 Å². The minimum Gasteiger partial charge on any atom is -0.493 e. The summed E-state index contributed by atoms with van der Waals surface area (Å²) in [5, 5.41) is 5.84. The molecule has 2 aromatic rings. The van der Waals surface area contributed by atoms with Crippen molar-refractivity contribution in [2.75, 3.05) is 19.0 Å². The standard InChI is InChI=1S/C20H23ClN2O4/c1-5-27-18-15(21)10-13(11-17(18)26-4)19(24)23-16-9-7-6-8-14(16)20(25)22-12(2)3/h6-12H,5H2,1-4H3,(H,22,25)(H,23,24). The van der Waals surface area contributed by atoms with E-state index >= 15 is 0 Å². The van der Waals surface area contributed by atoms with Crippen LogP contribution in [0, 0.1) is 0 Å². The van der Waals surface area contributed by atoms with Gasteiger partial charge in [0.1, 0.15) is 0 Å². The molecule has 2 aromatic carbocycles. The third-order valence-electron chi connectivity index (χ3n) is 3.62. The van der Waals surface area contributed by atoms with Gasteiger partial charge in [-0.1, -0.05) is 23.7 Å². The zero-order chi connectivity index (χ0) is 20.0. The molecule has 0 bridgehead atoms. The first-order chi connectivity index (χ1) is 12.9. The van der Waals surface area contributed by atoms with Gasteiger partial charge in [-0.15, -0.1) is 0 Å². The third kappa shape index (κ3) is 5.14. The second-order valence-corrected chi connectivity index (χ2v) is 6.46. The zero-order valence-corrected chi connectivity index (χ0v) is 16.5. The SMILES string of the molecule is CCOc1c(Cl)cc(C(=O)Nc2ccccc2C(=O)NC(C)C)cc1OC. The summed E-state index contributed by atoms with van der Waals surface area (Å²) >= 11 is 6.23. The van der Waals surface area contributed by atoms with Crippen molar-refractivity contribution in [3.05, 3.63) is 52.5 Å². The topological polar surface area (TPSA) is 76.7 Å². The predicted octanol–water partition coefficient (Wildman–Crippen LogP) is 4.14. The second kappa shape index (κ2) is 9.28. The minimum absolute atomic E-state index is 0.0181. The average molecular weight is 391 g/mol. The van der Waals surface area contributed by atoms with Gasteiger partial charge in [0.2, 0.25) is 0 Å². The van der Waals surface area contributed by atoms with Gasteiger partial charge in [-0.05, 0) is 45.0 Å². The molecule has 0 aliphatic heterocycles. The molecule has 0 aliphatic carbocycles. The Hall–Kier alpha value is -2.73. The van der Waals surface area contributed by atoms with Crippen LogP contribution in [0.1, 0.15) is 41.5 Å². The van der Waals surface area contributed by atoms with Gasteiger partial charge in [-0.25, -0.2) is 0 Å². The Kier molecular flexibility index (Phi) is 7.07. The van der Waals surface area contributed by atoms with E-state index in [1.165, 1.54) is 13.2 Å². The zero-order valence-electron chi connectivity index (χ0n) is 15.8. The number of benzene rings is 2. The molecule has 144 valence electrons. The van der Waals surface area contributed by atoms with E-state index in [4.69, 9.17) is 21.1 Å². The van der Waals surface area contributed by atoms with E-state index < -0.39 is 5.91 Å². The summed E-state index contributed by atoms with van der Waals surface area (Å²) < 4.78 is 10.7. The first kappa shape index (κ1) is 20.6. The Morgan fingerprint density at radius 2 is 1.85 bits per heavy atom. The number of rotatable bonds is 7. The Morgan fingerprint density at radius 3 is 2.48 bits per heavy atom. The summed E-state index contributed by atoms with van der Waals surface area (Å²) in [6.45, 7) is 5.98. The highest BCUT2D eigenvalue weighted by atomic mass is 35.5. The fourth-order valence-electron chi connectivity index (χ4n) is 2.46. The van der Waals surface area contributed by atoms with Gasteiger partial charge in [-0.2, -0.15) is 0 Å². The van der Waals surface area contributed by atoms with Gasteiger partial charge >= 0.3 is 0 Å². The van der Waals surface area contributed by atoms with Crippen LogP contribution < -0.4 is 20.1 Å². The number of methoxy groups -OCH3 is 1. The van der Waals surface area contributed by atoms with Crippen LogP contribution in [0.15, 0.2) is 36.4 Å². The number of carbonyl (C=O) groups is 2. The molecule has 0 saturated heterocycles. The van der Waals surface area contributed by atoms with E-state index in [0.29, 0.717) is 34.9 Å². The molecule has 0 spiro atoms. The summed E-state index contributed by atoms with van der Waals surface area (Å²) in [4.78, 5) is 25.0. The highest BCUT2D eigenvalue weighted by Crippen LogP contribution is 2.36. The maximum atomic E-state index is 12.7. The molecule has 0 heterocycles. The lowest BCUT2D eigenvalue weighted by atomic mass is 10.1. The smallest absolute Gasteiger partial charge is 0.255 e. The lowest BCUT2D eigenvalue weighted by molar-refractivity contribution is 0.0944. The number of hydrogen-bond acceptors (Lipinski definition) is 4. The van der Waals surface area contributed by atoms with Crippen molar-refractivity contribution in [2.45, 2.75) is 26.8 Å². The first-order valence-corrected chi connectivity index (χ1v) is 8.96. The molecule has 0 atom stereocenters. The van der Waals surface area contributed by atoms with Crippen molar-refractivity contribution in [3.8, 4) is 11.5 Å². The maximum Gasteiger partial charge on any atom is 0.255 e. The van der Waals surface area contributed by atoms with Crippen LogP contribution in [0.25, 0.3) is 0 Å². The van der Waals surface area contributed by atoms with Crippen molar-refractivity contribution < 1.29 is 19.1 Å². The van der Waals surface area contributed by atoms with Crippen LogP contribution in [0.4, 0.5) is 5.69 Å². The first-order valence-electron chi connectivity index (χ1n) is 8.58. The molecule has 0 aromatic heterocycles. The molecule has 0 fully saturated rings. The Balaban J connectivity index is 2.31. The third-order valence-corrected chi connectivity index (χ3v) is 3.90. The van der Waals surface area contributed by atoms with Crippen LogP contribution in [0.2, 0.25) is 5.02 Å². The van der Waals surface area contributed by atoms with Crippen LogP contribution in [0.5, 0.6) is 11.5 Å². The van der Waals surface area contributed by atoms with Gasteiger partial charge in [0.05, 0.1) is 30.0 Å². The van der Waals surface area contributed by atoms with Crippen LogP contribution >= 0.6 is 11.6 Å². The van der Waals surface area contributed by atoms with E-state index in [1.54, 1.807) is 30.3 Å². The molecule has 6 nitrogen and oxygen atoms in total. The number of ether oxygens (including phenoxy) is 2. The van der Waals surface area contributed by atoms with E-state index in [2.05, 4.69) is 10.6 Å². The summed E-state index contributed by atoms with van der Waals surface area (Å²) in [5.41, 5.74) is 1.08. The molecule has 27 heavy (non-hydrogen) atoms. The molecule has 7 heteroatoms. The molecule has 0 radical (unpaired) electrons. The van der Waals surface area contributed by atoms with Gasteiger partial charge in [0.25, 0.3) is 11.8 Å². The Labute approximate surface area is 163 Å². The molecule has 0 unspecified atom stereocenters. The van der Waals surface area contributed by atoms with E-state index in [9.17, 15) is 9.59 Å². The highest BCUT2D eigenvalue weighted by molar-refractivity contribution is 6.32. The van der Waals surface area contributed by atoms with Crippen molar-refractivity contribution >= 4 is 29.1 Å². The quantitative estimate of drug-likeness (QED) is 0.745. The fraction of sp³-hybridized carbons (Fsp3) is 0.300. The summed E-state index contributed by atoms with van der Waals surface area (Å²) in [7, 11) is 1.47. The number of carbonyl (C=O) groups excluding carboxylic acids is 2. The highest BCUT2D eigenvalue weighted by Gasteiger charge is 2.18. The number of nitrogens with one attached hydrogen (secondary N) is 2. The monoisotopic (exact) mass is 390 g/mol. The molecular formula is C20H23ClN2O4. The summed E-state index contributed by atoms with van der Waals surface area (Å²) in [5.74, 6) is 0.0708.